The smallest absolute Gasteiger partial charge is 0.270 e. The van der Waals surface area contributed by atoms with Gasteiger partial charge in [-0.25, -0.2) is 10.4 Å². The Morgan fingerprint density at radius 1 is 1.16 bits per heavy atom. The largest absolute Gasteiger partial charge is 0.290 e. The summed E-state index contributed by atoms with van der Waals surface area (Å²) < 4.78 is 0.895. The molecule has 1 heterocycles. The van der Waals surface area contributed by atoms with Gasteiger partial charge in [-0.05, 0) is 6.07 Å². The SMILES string of the molecule is N#Cc1c(-c2ccccc2)nc(NN=Cc2ccccc2Br)[nH]c1=O. The predicted octanol–water partition coefficient (Wildman–Crippen LogP) is 3.52. The molecule has 3 aromatic rings. The van der Waals surface area contributed by atoms with Crippen molar-refractivity contribution in [3.8, 4) is 17.3 Å². The maximum atomic E-state index is 12.1. The topological polar surface area (TPSA) is 93.9 Å². The number of hydrazone groups is 1. The zero-order valence-electron chi connectivity index (χ0n) is 12.9. The van der Waals surface area contributed by atoms with E-state index in [0.29, 0.717) is 11.3 Å². The summed E-state index contributed by atoms with van der Waals surface area (Å²) in [4.78, 5) is 19.0. The highest BCUT2D eigenvalue weighted by Gasteiger charge is 2.12. The third-order valence-corrected chi connectivity index (χ3v) is 4.08. The average Bonchev–Trinajstić information content (AvgIpc) is 2.63. The van der Waals surface area contributed by atoms with Crippen LogP contribution in [0.2, 0.25) is 0 Å². The first kappa shape index (κ1) is 16.6. The standard InChI is InChI=1S/C18H12BrN5O/c19-15-9-5-4-8-13(15)11-21-24-18-22-16(12-6-2-1-3-7-12)14(10-20)17(25)23-18/h1-9,11H,(H2,22,23,24,25). The Morgan fingerprint density at radius 3 is 2.60 bits per heavy atom. The summed E-state index contributed by atoms with van der Waals surface area (Å²) in [6, 6.07) is 18.5. The number of hydrogen-bond acceptors (Lipinski definition) is 5. The quantitative estimate of drug-likeness (QED) is 0.523. The van der Waals surface area contributed by atoms with Crippen LogP contribution in [0.3, 0.4) is 0 Å². The second kappa shape index (κ2) is 7.55. The summed E-state index contributed by atoms with van der Waals surface area (Å²) in [5.41, 5.74) is 4.00. The molecule has 0 aliphatic rings. The molecule has 0 unspecified atom stereocenters. The van der Waals surface area contributed by atoms with Gasteiger partial charge in [-0.2, -0.15) is 10.4 Å². The summed E-state index contributed by atoms with van der Waals surface area (Å²) in [6.45, 7) is 0. The molecule has 0 saturated heterocycles. The highest BCUT2D eigenvalue weighted by atomic mass is 79.9. The summed E-state index contributed by atoms with van der Waals surface area (Å²) >= 11 is 3.43. The Kier molecular flexibility index (Phi) is 5.02. The number of nitrogens with one attached hydrogen (secondary N) is 2. The van der Waals surface area contributed by atoms with Crippen molar-refractivity contribution in [2.24, 2.45) is 5.10 Å². The molecule has 3 rings (SSSR count). The molecule has 0 bridgehead atoms. The van der Waals surface area contributed by atoms with E-state index in [0.717, 1.165) is 10.0 Å². The predicted molar refractivity (Wildman–Crippen MR) is 100 cm³/mol. The third kappa shape index (κ3) is 3.82. The summed E-state index contributed by atoms with van der Waals surface area (Å²) in [7, 11) is 0. The van der Waals surface area contributed by atoms with E-state index < -0.39 is 5.56 Å². The highest BCUT2D eigenvalue weighted by Crippen LogP contribution is 2.19. The average molecular weight is 394 g/mol. The minimum absolute atomic E-state index is 0.0356. The van der Waals surface area contributed by atoms with Crippen molar-refractivity contribution >= 4 is 28.1 Å². The normalized spacial score (nSPS) is 10.6. The van der Waals surface area contributed by atoms with Gasteiger partial charge in [0.1, 0.15) is 11.6 Å². The van der Waals surface area contributed by atoms with Crippen LogP contribution >= 0.6 is 15.9 Å². The molecular weight excluding hydrogens is 382 g/mol. The molecule has 6 nitrogen and oxygen atoms in total. The van der Waals surface area contributed by atoms with Gasteiger partial charge in [-0.3, -0.25) is 9.78 Å². The van der Waals surface area contributed by atoms with Gasteiger partial charge < -0.3 is 0 Å². The van der Waals surface area contributed by atoms with Gasteiger partial charge in [-0.15, -0.1) is 0 Å². The fourth-order valence-corrected chi connectivity index (χ4v) is 2.56. The van der Waals surface area contributed by atoms with Crippen LogP contribution in [0.15, 0.2) is 69.0 Å². The molecule has 0 spiro atoms. The van der Waals surface area contributed by atoms with E-state index in [2.05, 4.69) is 36.4 Å². The van der Waals surface area contributed by atoms with E-state index in [9.17, 15) is 10.1 Å². The lowest BCUT2D eigenvalue weighted by molar-refractivity contribution is 1.08. The Balaban J connectivity index is 1.93. The summed E-state index contributed by atoms with van der Waals surface area (Å²) in [5.74, 6) is 0.158. The van der Waals surface area contributed by atoms with Crippen LogP contribution in [-0.2, 0) is 0 Å². The number of aromatic nitrogens is 2. The Labute approximate surface area is 152 Å². The molecule has 2 aromatic carbocycles. The Morgan fingerprint density at radius 2 is 1.88 bits per heavy atom. The first-order valence-electron chi connectivity index (χ1n) is 7.32. The first-order valence-corrected chi connectivity index (χ1v) is 8.12. The van der Waals surface area contributed by atoms with Crippen molar-refractivity contribution in [2.45, 2.75) is 0 Å². The van der Waals surface area contributed by atoms with Gasteiger partial charge in [0.2, 0.25) is 5.95 Å². The molecule has 0 aliphatic heterocycles. The van der Waals surface area contributed by atoms with E-state index in [4.69, 9.17) is 0 Å². The van der Waals surface area contributed by atoms with E-state index >= 15 is 0 Å². The van der Waals surface area contributed by atoms with Crippen LogP contribution < -0.4 is 11.0 Å². The second-order valence-corrected chi connectivity index (χ2v) is 5.86. The molecule has 0 atom stereocenters. The van der Waals surface area contributed by atoms with Crippen LogP contribution in [0.5, 0.6) is 0 Å². The zero-order chi connectivity index (χ0) is 17.6. The Bertz CT molecular complexity index is 1020. The molecule has 7 heteroatoms. The van der Waals surface area contributed by atoms with Gasteiger partial charge >= 0.3 is 0 Å². The molecule has 0 fully saturated rings. The van der Waals surface area contributed by atoms with Crippen LogP contribution in [0.25, 0.3) is 11.3 Å². The first-order chi connectivity index (χ1) is 12.2. The molecule has 0 saturated carbocycles. The monoisotopic (exact) mass is 393 g/mol. The lowest BCUT2D eigenvalue weighted by Gasteiger charge is -2.06. The fourth-order valence-electron chi connectivity index (χ4n) is 2.18. The highest BCUT2D eigenvalue weighted by molar-refractivity contribution is 9.10. The van der Waals surface area contributed by atoms with Crippen LogP contribution in [0, 0.1) is 11.3 Å². The van der Waals surface area contributed by atoms with E-state index in [1.54, 1.807) is 18.3 Å². The van der Waals surface area contributed by atoms with Gasteiger partial charge in [0.25, 0.3) is 5.56 Å². The van der Waals surface area contributed by atoms with Crippen molar-refractivity contribution in [1.29, 1.82) is 5.26 Å². The van der Waals surface area contributed by atoms with Crippen LogP contribution in [0.1, 0.15) is 11.1 Å². The number of H-pyrrole nitrogens is 1. The molecule has 25 heavy (non-hydrogen) atoms. The van der Waals surface area contributed by atoms with Crippen molar-refractivity contribution < 1.29 is 0 Å². The number of aromatic amines is 1. The number of nitrogens with zero attached hydrogens (tertiary/aromatic N) is 3. The van der Waals surface area contributed by atoms with Gasteiger partial charge in [0, 0.05) is 15.6 Å². The number of halogens is 1. The summed E-state index contributed by atoms with van der Waals surface area (Å²) in [5, 5.41) is 13.3. The zero-order valence-corrected chi connectivity index (χ0v) is 14.5. The van der Waals surface area contributed by atoms with Crippen LogP contribution in [0.4, 0.5) is 5.95 Å². The third-order valence-electron chi connectivity index (χ3n) is 3.36. The van der Waals surface area contributed by atoms with Crippen molar-refractivity contribution in [1.82, 2.24) is 9.97 Å². The minimum atomic E-state index is -0.519. The number of hydrogen-bond donors (Lipinski definition) is 2. The van der Waals surface area contributed by atoms with Gasteiger partial charge in [0.15, 0.2) is 0 Å². The number of nitriles is 1. The van der Waals surface area contributed by atoms with E-state index in [1.807, 2.05) is 48.5 Å². The van der Waals surface area contributed by atoms with Gasteiger partial charge in [-0.1, -0.05) is 64.5 Å². The molecule has 2 N–H and O–H groups in total. The Hall–Kier alpha value is -3.24. The number of rotatable bonds is 4. The van der Waals surface area contributed by atoms with Gasteiger partial charge in [0.05, 0.1) is 11.9 Å². The second-order valence-electron chi connectivity index (χ2n) is 5.01. The maximum absolute atomic E-state index is 12.1. The molecule has 0 radical (unpaired) electrons. The lowest BCUT2D eigenvalue weighted by Crippen LogP contribution is -2.16. The molecule has 0 aliphatic carbocycles. The number of benzene rings is 2. The summed E-state index contributed by atoms with van der Waals surface area (Å²) in [6.07, 6.45) is 1.60. The van der Waals surface area contributed by atoms with Crippen LogP contribution in [-0.4, -0.2) is 16.2 Å². The molecule has 122 valence electrons. The fraction of sp³-hybridized carbons (Fsp3) is 0. The van der Waals surface area contributed by atoms with Crippen molar-refractivity contribution in [2.75, 3.05) is 5.43 Å². The molecule has 0 amide bonds. The lowest BCUT2D eigenvalue weighted by atomic mass is 10.1. The minimum Gasteiger partial charge on any atom is -0.290 e. The maximum Gasteiger partial charge on any atom is 0.270 e. The van der Waals surface area contributed by atoms with E-state index in [1.165, 1.54) is 0 Å². The van der Waals surface area contributed by atoms with Crippen molar-refractivity contribution in [3.63, 3.8) is 0 Å². The van der Waals surface area contributed by atoms with E-state index in [-0.39, 0.29) is 11.5 Å². The number of anilines is 1. The molecule has 1 aromatic heterocycles. The van der Waals surface area contributed by atoms with Crippen molar-refractivity contribution in [3.05, 3.63) is 80.6 Å². The molecular formula is C18H12BrN5O.